The molecule has 0 rings (SSSR count). The Labute approximate surface area is 194 Å². The summed E-state index contributed by atoms with van der Waals surface area (Å²) in [7, 11) is -1.17. The van der Waals surface area contributed by atoms with Crippen molar-refractivity contribution in [1.82, 2.24) is 0 Å². The highest BCUT2D eigenvalue weighted by Crippen LogP contribution is 2.28. The Hall–Kier alpha value is 1.11. The van der Waals surface area contributed by atoms with Gasteiger partial charge in [0.05, 0.1) is 0 Å². The molecule has 0 heterocycles. The van der Waals surface area contributed by atoms with Gasteiger partial charge in [-0.1, -0.05) is 21.6 Å². The van der Waals surface area contributed by atoms with Crippen LogP contribution in [0.2, 0.25) is 12.1 Å². The van der Waals surface area contributed by atoms with Gasteiger partial charge in [0.25, 0.3) is 0 Å². The maximum atomic E-state index is 5.90. The Kier molecular flexibility index (Phi) is 23.4. The molecule has 0 aromatic rings. The molecule has 11 heteroatoms. The van der Waals surface area contributed by atoms with E-state index in [1.807, 2.05) is 63.1 Å². The van der Waals surface area contributed by atoms with Gasteiger partial charge in [-0.05, 0) is 65.3 Å². The van der Waals surface area contributed by atoms with E-state index < -0.39 is 17.6 Å². The summed E-state index contributed by atoms with van der Waals surface area (Å²) in [6.07, 6.45) is 2.08. The molecule has 0 aromatic heterocycles. The lowest BCUT2D eigenvalue weighted by atomic mass is 10.6. The number of rotatable bonds is 21. The van der Waals surface area contributed by atoms with Crippen molar-refractivity contribution in [2.75, 3.05) is 51.1 Å². The van der Waals surface area contributed by atoms with Gasteiger partial charge in [-0.25, -0.2) is 0 Å². The fraction of sp³-hybridized carbons (Fsp3) is 1.00. The lowest BCUT2D eigenvalue weighted by Crippen LogP contribution is -2.46. The van der Waals surface area contributed by atoms with Crippen molar-refractivity contribution in [2.24, 2.45) is 0 Å². The topological polar surface area (TPSA) is 55.4 Å². The van der Waals surface area contributed by atoms with Crippen molar-refractivity contribution >= 4 is 50.2 Å². The second-order valence-corrected chi connectivity index (χ2v) is 14.0. The first-order valence-corrected chi connectivity index (χ1v) is 17.0. The lowest BCUT2D eigenvalue weighted by Gasteiger charge is -2.28. The SMILES string of the molecule is CCO[Si](CCCSSCCC[Si](OCC)(OCC)OCC)(OCC)OCC.[SiH4]. The van der Waals surface area contributed by atoms with Crippen molar-refractivity contribution in [3.05, 3.63) is 0 Å². The third kappa shape index (κ3) is 14.7. The second kappa shape index (κ2) is 21.0. The molecule has 0 saturated heterocycles. The van der Waals surface area contributed by atoms with Gasteiger partial charge in [0.15, 0.2) is 0 Å². The second-order valence-electron chi connectivity index (χ2n) is 5.82. The summed E-state index contributed by atoms with van der Waals surface area (Å²) in [5.41, 5.74) is 0. The zero-order valence-corrected chi connectivity index (χ0v) is 22.4. The Balaban J connectivity index is 0. The van der Waals surface area contributed by atoms with E-state index >= 15 is 0 Å². The molecule has 0 unspecified atom stereocenters. The van der Waals surface area contributed by atoms with E-state index in [0.29, 0.717) is 39.6 Å². The van der Waals surface area contributed by atoms with Crippen LogP contribution in [0.4, 0.5) is 0 Å². The van der Waals surface area contributed by atoms with Crippen LogP contribution in [-0.4, -0.2) is 79.7 Å². The largest absolute Gasteiger partial charge is 0.500 e. The van der Waals surface area contributed by atoms with Crippen LogP contribution < -0.4 is 0 Å². The molecule has 0 bridgehead atoms. The normalized spacial score (nSPS) is 12.2. The highest BCUT2D eigenvalue weighted by Gasteiger charge is 2.40. The van der Waals surface area contributed by atoms with Crippen LogP contribution in [0.15, 0.2) is 0 Å². The molecule has 6 nitrogen and oxygen atoms in total. The Morgan fingerprint density at radius 3 is 0.931 bits per heavy atom. The van der Waals surface area contributed by atoms with Crippen molar-refractivity contribution < 1.29 is 26.6 Å². The maximum Gasteiger partial charge on any atom is 0.500 e. The minimum atomic E-state index is -2.49. The first-order chi connectivity index (χ1) is 13.6. The molecule has 0 aliphatic rings. The molecule has 0 atom stereocenters. The van der Waals surface area contributed by atoms with Gasteiger partial charge in [0, 0.05) is 63.2 Å². The van der Waals surface area contributed by atoms with Gasteiger partial charge in [0.2, 0.25) is 0 Å². The van der Waals surface area contributed by atoms with Crippen molar-refractivity contribution in [3.8, 4) is 0 Å². The highest BCUT2D eigenvalue weighted by atomic mass is 33.1. The molecule has 0 aromatic carbocycles. The van der Waals surface area contributed by atoms with E-state index in [1.165, 1.54) is 0 Å². The summed E-state index contributed by atoms with van der Waals surface area (Å²) >= 11 is 0. The predicted molar refractivity (Wildman–Crippen MR) is 136 cm³/mol. The molecule has 0 aliphatic carbocycles. The zero-order chi connectivity index (χ0) is 21.1. The Morgan fingerprint density at radius 2 is 0.724 bits per heavy atom. The Morgan fingerprint density at radius 1 is 0.483 bits per heavy atom. The van der Waals surface area contributed by atoms with Crippen LogP contribution in [0, 0.1) is 0 Å². The summed E-state index contributed by atoms with van der Waals surface area (Å²) in [6.45, 7) is 15.8. The van der Waals surface area contributed by atoms with Crippen molar-refractivity contribution in [1.29, 1.82) is 0 Å². The van der Waals surface area contributed by atoms with E-state index in [1.54, 1.807) is 0 Å². The summed E-state index contributed by atoms with van der Waals surface area (Å²) in [4.78, 5) is 0. The van der Waals surface area contributed by atoms with Crippen LogP contribution >= 0.6 is 21.6 Å². The summed E-state index contributed by atoms with van der Waals surface area (Å²) < 4.78 is 35.4. The van der Waals surface area contributed by atoms with E-state index in [2.05, 4.69) is 0 Å². The van der Waals surface area contributed by atoms with Crippen molar-refractivity contribution in [3.63, 3.8) is 0 Å². The zero-order valence-electron chi connectivity index (χ0n) is 18.8. The van der Waals surface area contributed by atoms with E-state index in [9.17, 15) is 0 Å². The summed E-state index contributed by atoms with van der Waals surface area (Å²) in [6, 6.07) is 1.76. The van der Waals surface area contributed by atoms with Gasteiger partial charge in [-0.3, -0.25) is 0 Å². The molecule has 0 aliphatic heterocycles. The molecule has 0 N–H and O–H groups in total. The van der Waals surface area contributed by atoms with Crippen LogP contribution in [-0.2, 0) is 26.6 Å². The van der Waals surface area contributed by atoms with Gasteiger partial charge in [0.1, 0.15) is 0 Å². The van der Waals surface area contributed by atoms with Gasteiger partial charge in [-0.15, -0.1) is 0 Å². The number of hydrogen-bond donors (Lipinski definition) is 0. The molecule has 0 fully saturated rings. The van der Waals surface area contributed by atoms with E-state index in [4.69, 9.17) is 26.6 Å². The smallest absolute Gasteiger partial charge is 0.374 e. The number of hydrogen-bond acceptors (Lipinski definition) is 8. The average Bonchev–Trinajstić information content (AvgIpc) is 2.65. The van der Waals surface area contributed by atoms with Crippen LogP contribution in [0.3, 0.4) is 0 Å². The molecular weight excluding hydrogens is 461 g/mol. The fourth-order valence-electron chi connectivity index (χ4n) is 2.82. The summed E-state index contributed by atoms with van der Waals surface area (Å²) in [5.74, 6) is 2.13. The third-order valence-corrected chi connectivity index (χ3v) is 12.6. The highest BCUT2D eigenvalue weighted by molar-refractivity contribution is 8.76. The standard InChI is InChI=1S/C18H42O6S2Si2.H4Si/c1-7-19-27(20-8-2,21-9-3)17-13-15-25-26-16-14-18-28(22-10-4,23-11-5)24-12-6;/h7-18H2,1-6H3;1H4. The van der Waals surface area contributed by atoms with E-state index in [0.717, 1.165) is 36.4 Å². The minimum absolute atomic E-state index is 0. The van der Waals surface area contributed by atoms with Crippen LogP contribution in [0.5, 0.6) is 0 Å². The summed E-state index contributed by atoms with van der Waals surface area (Å²) in [5, 5.41) is 0. The quantitative estimate of drug-likeness (QED) is 0.132. The third-order valence-electron chi connectivity index (χ3n) is 3.69. The maximum absolute atomic E-state index is 5.90. The minimum Gasteiger partial charge on any atom is -0.374 e. The van der Waals surface area contributed by atoms with Crippen LogP contribution in [0.25, 0.3) is 0 Å². The van der Waals surface area contributed by atoms with E-state index in [-0.39, 0.29) is 11.0 Å². The average molecular weight is 507 g/mol. The van der Waals surface area contributed by atoms with Gasteiger partial charge in [-0.2, -0.15) is 0 Å². The van der Waals surface area contributed by atoms with Crippen molar-refractivity contribution in [2.45, 2.75) is 66.5 Å². The molecule has 0 spiro atoms. The first kappa shape index (κ1) is 32.3. The molecule has 0 radical (unpaired) electrons. The molecular formula is C18H46O6S2Si3. The first-order valence-electron chi connectivity index (χ1n) is 10.7. The molecule has 29 heavy (non-hydrogen) atoms. The van der Waals surface area contributed by atoms with Gasteiger partial charge >= 0.3 is 17.6 Å². The van der Waals surface area contributed by atoms with Crippen LogP contribution in [0.1, 0.15) is 54.4 Å². The monoisotopic (exact) mass is 506 g/mol. The molecule has 0 amide bonds. The molecule has 178 valence electrons. The predicted octanol–water partition coefficient (Wildman–Crippen LogP) is 3.79. The lowest BCUT2D eigenvalue weighted by molar-refractivity contribution is 0.0704. The van der Waals surface area contributed by atoms with Gasteiger partial charge < -0.3 is 26.6 Å². The Bertz CT molecular complexity index is 294. The fourth-order valence-corrected chi connectivity index (χ4v) is 10.7. The molecule has 0 saturated carbocycles.